The van der Waals surface area contributed by atoms with Crippen molar-refractivity contribution in [1.82, 2.24) is 15.0 Å². The molecule has 0 fully saturated rings. The summed E-state index contributed by atoms with van der Waals surface area (Å²) in [4.78, 5) is 24.8. The van der Waals surface area contributed by atoms with Gasteiger partial charge in [-0.25, -0.2) is 9.97 Å². The summed E-state index contributed by atoms with van der Waals surface area (Å²) in [5.74, 6) is 0.418. The van der Waals surface area contributed by atoms with Crippen molar-refractivity contribution in [2.24, 2.45) is 0 Å². The summed E-state index contributed by atoms with van der Waals surface area (Å²) >= 11 is 0. The number of nitriles is 1. The number of benzene rings is 2. The second-order valence-electron chi connectivity index (χ2n) is 7.07. The lowest BCUT2D eigenvalue weighted by Gasteiger charge is -2.13. The Morgan fingerprint density at radius 2 is 1.46 bits per heavy atom. The molecule has 2 aromatic carbocycles. The minimum Gasteiger partial charge on any atom is -0.365 e. The Bertz CT molecular complexity index is 1270. The van der Waals surface area contributed by atoms with E-state index >= 15 is 0 Å². The molecule has 6 heteroatoms. The van der Waals surface area contributed by atoms with Gasteiger partial charge in [0.25, 0.3) is 0 Å². The molecule has 2 N–H and O–H groups in total. The molecule has 0 unspecified atom stereocenters. The Morgan fingerprint density at radius 3 is 2.05 bits per heavy atom. The minimum absolute atomic E-state index is 0.0509. The average Bonchev–Trinajstić information content (AvgIpc) is 2.96. The van der Waals surface area contributed by atoms with Gasteiger partial charge in [0, 0.05) is 23.0 Å². The zero-order chi connectivity index (χ0) is 28.2. The van der Waals surface area contributed by atoms with E-state index in [0.717, 1.165) is 16.8 Å². The second kappa shape index (κ2) is 19.2. The van der Waals surface area contributed by atoms with E-state index in [1.807, 2.05) is 96.1 Å². The van der Waals surface area contributed by atoms with Crippen LogP contribution in [0.3, 0.4) is 0 Å². The highest BCUT2D eigenvalue weighted by Gasteiger charge is 2.15. The molecule has 0 saturated heterocycles. The van der Waals surface area contributed by atoms with Crippen LogP contribution in [0.1, 0.15) is 78.6 Å². The molecule has 0 aliphatic heterocycles. The van der Waals surface area contributed by atoms with Gasteiger partial charge in [-0.2, -0.15) is 5.26 Å². The summed E-state index contributed by atoms with van der Waals surface area (Å²) in [6.07, 6.45) is 2.65. The Labute approximate surface area is 222 Å². The van der Waals surface area contributed by atoms with E-state index in [9.17, 15) is 10.1 Å². The number of nitrogens with one attached hydrogen (secondary N) is 2. The van der Waals surface area contributed by atoms with E-state index in [1.54, 1.807) is 6.92 Å². The van der Waals surface area contributed by atoms with Gasteiger partial charge in [-0.05, 0) is 24.6 Å². The lowest BCUT2D eigenvalue weighted by Crippen LogP contribution is -2.17. The standard InChI is InChI=1S/C22H17N5O.C3H8.3C2H6/c1-14-17(11-23)22(26-13-25-14)24-12-18-20(15-7-3-2-4-8-15)27-19-10-6-5-9-16(19)21(18)28;1-3-2;3*1-2/h2-10,13H,12H2,1H3,(H,27,28)(H,24,25,26);3H2,1-2H3;3*1-2H3. The monoisotopic (exact) mass is 501 g/mol. The molecule has 0 aliphatic rings. The molecule has 0 atom stereocenters. The van der Waals surface area contributed by atoms with Crippen LogP contribution < -0.4 is 10.7 Å². The maximum atomic E-state index is 13.2. The number of hydrogen-bond donors (Lipinski definition) is 2. The molecule has 198 valence electrons. The van der Waals surface area contributed by atoms with Crippen LogP contribution in [0.5, 0.6) is 0 Å². The summed E-state index contributed by atoms with van der Waals surface area (Å²) in [6, 6.07) is 19.3. The molecule has 0 bridgehead atoms. The summed E-state index contributed by atoms with van der Waals surface area (Å²) in [5.41, 5.74) is 3.96. The molecule has 0 aliphatic carbocycles. The zero-order valence-electron chi connectivity index (χ0n) is 23.9. The molecule has 37 heavy (non-hydrogen) atoms. The number of hydrogen-bond acceptors (Lipinski definition) is 5. The number of pyridine rings is 1. The molecule has 6 nitrogen and oxygen atoms in total. The van der Waals surface area contributed by atoms with Crippen molar-refractivity contribution >= 4 is 16.7 Å². The Morgan fingerprint density at radius 1 is 0.892 bits per heavy atom. The molecule has 0 amide bonds. The predicted octanol–water partition coefficient (Wildman–Crippen LogP) is 8.27. The number of aryl methyl sites for hydroxylation is 1. The lowest BCUT2D eigenvalue weighted by molar-refractivity contribution is 1.03. The summed E-state index contributed by atoms with van der Waals surface area (Å²) in [7, 11) is 0. The largest absolute Gasteiger partial charge is 0.365 e. The van der Waals surface area contributed by atoms with Crippen LogP contribution in [0.15, 0.2) is 65.7 Å². The van der Waals surface area contributed by atoms with Crippen molar-refractivity contribution in [3.8, 4) is 17.3 Å². The quantitative estimate of drug-likeness (QED) is 0.293. The fourth-order valence-electron chi connectivity index (χ4n) is 3.21. The maximum Gasteiger partial charge on any atom is 0.194 e. The van der Waals surface area contributed by atoms with Gasteiger partial charge in [-0.1, -0.05) is 104 Å². The van der Waals surface area contributed by atoms with Crippen LogP contribution in [0.4, 0.5) is 5.82 Å². The van der Waals surface area contributed by atoms with Gasteiger partial charge in [0.2, 0.25) is 0 Å². The average molecular weight is 502 g/mol. The Hall–Kier alpha value is -3.98. The Balaban J connectivity index is 0.00000129. The zero-order valence-corrected chi connectivity index (χ0v) is 23.9. The van der Waals surface area contributed by atoms with Crippen LogP contribution in [0, 0.1) is 18.3 Å². The molecule has 0 saturated carbocycles. The molecule has 0 radical (unpaired) electrons. The van der Waals surface area contributed by atoms with Crippen LogP contribution >= 0.6 is 0 Å². The number of rotatable bonds is 4. The highest BCUT2D eigenvalue weighted by atomic mass is 16.1. The normalized spacial score (nSPS) is 8.97. The third-order valence-corrected chi connectivity index (χ3v) is 4.65. The predicted molar refractivity (Wildman–Crippen MR) is 159 cm³/mol. The van der Waals surface area contributed by atoms with Crippen molar-refractivity contribution in [3.63, 3.8) is 0 Å². The van der Waals surface area contributed by atoms with E-state index in [2.05, 4.69) is 40.2 Å². The van der Waals surface area contributed by atoms with E-state index < -0.39 is 0 Å². The first-order chi connectivity index (χ1) is 18.1. The van der Waals surface area contributed by atoms with Crippen LogP contribution in [0.25, 0.3) is 22.2 Å². The Kier molecular flexibility index (Phi) is 17.2. The van der Waals surface area contributed by atoms with Gasteiger partial charge in [-0.3, -0.25) is 4.79 Å². The first-order valence-electron chi connectivity index (χ1n) is 13.3. The lowest BCUT2D eigenvalue weighted by atomic mass is 10.0. The molecular weight excluding hydrogens is 458 g/mol. The molecule has 4 aromatic rings. The van der Waals surface area contributed by atoms with E-state index in [0.29, 0.717) is 28.0 Å². The van der Waals surface area contributed by atoms with Gasteiger partial charge < -0.3 is 10.3 Å². The number of anilines is 1. The van der Waals surface area contributed by atoms with Crippen molar-refractivity contribution in [1.29, 1.82) is 5.26 Å². The van der Waals surface area contributed by atoms with E-state index in [1.165, 1.54) is 12.7 Å². The maximum absolute atomic E-state index is 13.2. The van der Waals surface area contributed by atoms with Crippen LogP contribution in [-0.2, 0) is 6.54 Å². The van der Waals surface area contributed by atoms with E-state index in [4.69, 9.17) is 0 Å². The van der Waals surface area contributed by atoms with Crippen LogP contribution in [0.2, 0.25) is 0 Å². The highest BCUT2D eigenvalue weighted by Crippen LogP contribution is 2.23. The molecule has 4 rings (SSSR count). The number of H-pyrrole nitrogens is 1. The SMILES string of the molecule is CC.CC.CC.CCC.Cc1ncnc(NCc2c(-c3ccccc3)[nH]c3ccccc3c2=O)c1C#N. The third-order valence-electron chi connectivity index (χ3n) is 4.65. The number of nitrogens with zero attached hydrogens (tertiary/aromatic N) is 3. The molecule has 2 aromatic heterocycles. The highest BCUT2D eigenvalue weighted by molar-refractivity contribution is 5.83. The van der Waals surface area contributed by atoms with Crippen molar-refractivity contribution < 1.29 is 0 Å². The summed E-state index contributed by atoms with van der Waals surface area (Å²) < 4.78 is 0. The van der Waals surface area contributed by atoms with Crippen molar-refractivity contribution in [3.05, 3.63) is 88.0 Å². The minimum atomic E-state index is -0.0509. The first-order valence-corrected chi connectivity index (χ1v) is 13.3. The van der Waals surface area contributed by atoms with Gasteiger partial charge in [-0.15, -0.1) is 0 Å². The van der Waals surface area contributed by atoms with Gasteiger partial charge in [0.15, 0.2) is 5.43 Å². The van der Waals surface area contributed by atoms with E-state index in [-0.39, 0.29) is 12.0 Å². The fourth-order valence-corrected chi connectivity index (χ4v) is 3.21. The number of para-hydroxylation sites is 1. The smallest absolute Gasteiger partial charge is 0.194 e. The first kappa shape index (κ1) is 33.0. The molecular formula is C31H43N5O. The molecule has 2 heterocycles. The fraction of sp³-hybridized carbons (Fsp3) is 0.355. The van der Waals surface area contributed by atoms with Crippen LogP contribution in [-0.4, -0.2) is 15.0 Å². The van der Waals surface area contributed by atoms with Gasteiger partial charge in [0.1, 0.15) is 23.8 Å². The summed E-state index contributed by atoms with van der Waals surface area (Å²) in [6.45, 7) is 18.2. The second-order valence-corrected chi connectivity index (χ2v) is 7.07. The topological polar surface area (TPSA) is 94.5 Å². The number of aromatic amines is 1. The molecule has 0 spiro atoms. The van der Waals surface area contributed by atoms with Crippen molar-refractivity contribution in [2.45, 2.75) is 75.3 Å². The van der Waals surface area contributed by atoms with Gasteiger partial charge in [0.05, 0.1) is 11.4 Å². The van der Waals surface area contributed by atoms with Gasteiger partial charge >= 0.3 is 0 Å². The summed E-state index contributed by atoms with van der Waals surface area (Å²) in [5, 5.41) is 13.2. The third kappa shape index (κ3) is 9.20. The number of aromatic nitrogens is 3. The number of fused-ring (bicyclic) bond motifs is 1. The van der Waals surface area contributed by atoms with Crippen molar-refractivity contribution in [2.75, 3.05) is 5.32 Å².